The predicted molar refractivity (Wildman–Crippen MR) is 49.5 cm³/mol. The molecule has 2 nitrogen and oxygen atoms in total. The maximum Gasteiger partial charge on any atom is 0.123 e. The molecule has 1 rings (SSSR count). The van der Waals surface area contributed by atoms with E-state index in [0.717, 1.165) is 0 Å². The molecule has 0 spiro atoms. The van der Waals surface area contributed by atoms with Crippen LogP contribution in [0, 0.1) is 0 Å². The fourth-order valence-electron chi connectivity index (χ4n) is 0.847. The van der Waals surface area contributed by atoms with Gasteiger partial charge in [-0.1, -0.05) is 12.2 Å². The Labute approximate surface area is 75.7 Å². The summed E-state index contributed by atoms with van der Waals surface area (Å²) in [6.07, 6.45) is 3.35. The highest BCUT2D eigenvalue weighted by Gasteiger charge is 1.96. The molecule has 1 aromatic rings. The lowest BCUT2D eigenvalue weighted by Gasteiger charge is -1.98. The summed E-state index contributed by atoms with van der Waals surface area (Å²) < 4.78 is 0. The number of allylic oxidation sites excluding steroid dienone is 1. The van der Waals surface area contributed by atoms with Crippen molar-refractivity contribution in [3.8, 4) is 11.5 Å². The third-order valence-corrected chi connectivity index (χ3v) is 1.58. The maximum atomic E-state index is 9.26. The van der Waals surface area contributed by atoms with Crippen molar-refractivity contribution in [1.82, 2.24) is 0 Å². The molecule has 0 aliphatic rings. The zero-order valence-corrected chi connectivity index (χ0v) is 7.12. The van der Waals surface area contributed by atoms with Crippen LogP contribution >= 0.6 is 11.6 Å². The highest BCUT2D eigenvalue weighted by Crippen LogP contribution is 2.22. The summed E-state index contributed by atoms with van der Waals surface area (Å²) >= 11 is 5.41. The monoisotopic (exact) mass is 184 g/mol. The van der Waals surface area contributed by atoms with Crippen LogP contribution in [0.25, 0.3) is 6.08 Å². The quantitative estimate of drug-likeness (QED) is 0.547. The zero-order chi connectivity index (χ0) is 8.97. The van der Waals surface area contributed by atoms with E-state index in [1.54, 1.807) is 12.2 Å². The molecule has 0 radical (unpaired) electrons. The molecule has 3 heteroatoms. The first-order valence-corrected chi connectivity index (χ1v) is 4.02. The van der Waals surface area contributed by atoms with Crippen molar-refractivity contribution < 1.29 is 10.2 Å². The summed E-state index contributed by atoms with van der Waals surface area (Å²) in [5.74, 6) is 0.644. The summed E-state index contributed by atoms with van der Waals surface area (Å²) in [6.45, 7) is 0. The predicted octanol–water partition coefficient (Wildman–Crippen LogP) is 2.35. The van der Waals surface area contributed by atoms with Gasteiger partial charge in [-0.05, 0) is 18.2 Å². The van der Waals surface area contributed by atoms with Gasteiger partial charge >= 0.3 is 0 Å². The molecule has 0 unspecified atom stereocenters. The molecular weight excluding hydrogens is 176 g/mol. The molecule has 0 aliphatic heterocycles. The Kier molecular flexibility index (Phi) is 3.00. The number of phenolic OH excluding ortho intramolecular Hbond substituents is 2. The highest BCUT2D eigenvalue weighted by atomic mass is 35.5. The molecule has 2 N–H and O–H groups in total. The lowest BCUT2D eigenvalue weighted by molar-refractivity contribution is 0.459. The van der Waals surface area contributed by atoms with Gasteiger partial charge in [-0.2, -0.15) is 0 Å². The third-order valence-electron chi connectivity index (χ3n) is 1.40. The molecule has 0 heterocycles. The van der Waals surface area contributed by atoms with Crippen LogP contribution in [0.4, 0.5) is 0 Å². The average molecular weight is 185 g/mol. The van der Waals surface area contributed by atoms with Crippen LogP contribution in [0.3, 0.4) is 0 Å². The summed E-state index contributed by atoms with van der Waals surface area (Å²) in [6, 6.07) is 4.33. The van der Waals surface area contributed by atoms with Crippen molar-refractivity contribution in [3.05, 3.63) is 29.8 Å². The second-order valence-corrected chi connectivity index (χ2v) is 2.61. The largest absolute Gasteiger partial charge is 0.508 e. The van der Waals surface area contributed by atoms with E-state index < -0.39 is 0 Å². The molecule has 12 heavy (non-hydrogen) atoms. The number of alkyl halides is 1. The molecule has 0 fully saturated rings. The van der Waals surface area contributed by atoms with Gasteiger partial charge in [0, 0.05) is 11.4 Å². The van der Waals surface area contributed by atoms with Crippen molar-refractivity contribution in [2.45, 2.75) is 0 Å². The van der Waals surface area contributed by atoms with Crippen LogP contribution in [0.2, 0.25) is 0 Å². The Morgan fingerprint density at radius 3 is 2.75 bits per heavy atom. The van der Waals surface area contributed by atoms with E-state index >= 15 is 0 Å². The highest BCUT2D eigenvalue weighted by molar-refractivity contribution is 6.19. The summed E-state index contributed by atoms with van der Waals surface area (Å²) in [7, 11) is 0. The molecule has 0 saturated carbocycles. The van der Waals surface area contributed by atoms with Crippen LogP contribution in [0.5, 0.6) is 11.5 Å². The standard InChI is InChI=1S/C9H9ClO2/c10-5-1-2-7-6-8(11)3-4-9(7)12/h1-4,6,11-12H,5H2. The lowest BCUT2D eigenvalue weighted by atomic mass is 10.2. The Bertz CT molecular complexity index is 295. The van der Waals surface area contributed by atoms with Crippen LogP contribution in [0.15, 0.2) is 24.3 Å². The van der Waals surface area contributed by atoms with Gasteiger partial charge < -0.3 is 10.2 Å². The first-order chi connectivity index (χ1) is 5.74. The van der Waals surface area contributed by atoms with Crippen LogP contribution in [-0.2, 0) is 0 Å². The minimum atomic E-state index is 0.127. The Morgan fingerprint density at radius 1 is 1.33 bits per heavy atom. The Balaban J connectivity index is 2.97. The molecule has 0 aromatic heterocycles. The smallest absolute Gasteiger partial charge is 0.123 e. The molecule has 1 aromatic carbocycles. The van der Waals surface area contributed by atoms with Crippen LogP contribution in [0.1, 0.15) is 5.56 Å². The van der Waals surface area contributed by atoms with Crippen LogP contribution in [-0.4, -0.2) is 16.1 Å². The summed E-state index contributed by atoms with van der Waals surface area (Å²) in [4.78, 5) is 0. The van der Waals surface area contributed by atoms with E-state index in [1.165, 1.54) is 18.2 Å². The molecule has 64 valence electrons. The average Bonchev–Trinajstić information content (AvgIpc) is 2.07. The number of benzene rings is 1. The molecule has 0 amide bonds. The molecular formula is C9H9ClO2. The van der Waals surface area contributed by atoms with Gasteiger partial charge in [-0.25, -0.2) is 0 Å². The van der Waals surface area contributed by atoms with Gasteiger partial charge in [0.05, 0.1) is 0 Å². The number of halogens is 1. The van der Waals surface area contributed by atoms with E-state index in [2.05, 4.69) is 0 Å². The number of rotatable bonds is 2. The second-order valence-electron chi connectivity index (χ2n) is 2.30. The minimum Gasteiger partial charge on any atom is -0.508 e. The third kappa shape index (κ3) is 2.17. The first-order valence-electron chi connectivity index (χ1n) is 3.48. The van der Waals surface area contributed by atoms with Gasteiger partial charge in [0.2, 0.25) is 0 Å². The van der Waals surface area contributed by atoms with Gasteiger partial charge in [0.1, 0.15) is 11.5 Å². The maximum absolute atomic E-state index is 9.26. The normalized spacial score (nSPS) is 10.8. The van der Waals surface area contributed by atoms with E-state index in [0.29, 0.717) is 11.4 Å². The number of phenols is 2. The van der Waals surface area contributed by atoms with Gasteiger partial charge in [-0.3, -0.25) is 0 Å². The van der Waals surface area contributed by atoms with Crippen LogP contribution < -0.4 is 0 Å². The fraction of sp³-hybridized carbons (Fsp3) is 0.111. The van der Waals surface area contributed by atoms with E-state index in [1.807, 2.05) is 0 Å². The van der Waals surface area contributed by atoms with E-state index in [4.69, 9.17) is 16.7 Å². The topological polar surface area (TPSA) is 40.5 Å². The minimum absolute atomic E-state index is 0.127. The van der Waals surface area contributed by atoms with Crippen molar-refractivity contribution in [1.29, 1.82) is 0 Å². The number of aromatic hydroxyl groups is 2. The van der Waals surface area contributed by atoms with Gasteiger partial charge in [0.25, 0.3) is 0 Å². The second kappa shape index (κ2) is 4.02. The zero-order valence-electron chi connectivity index (χ0n) is 6.37. The van der Waals surface area contributed by atoms with E-state index in [9.17, 15) is 5.11 Å². The SMILES string of the molecule is Oc1ccc(O)c(C=CCCl)c1. The molecule has 0 atom stereocenters. The molecule has 0 saturated heterocycles. The number of hydrogen-bond donors (Lipinski definition) is 2. The molecule has 0 aliphatic carbocycles. The Morgan fingerprint density at radius 2 is 2.08 bits per heavy atom. The summed E-state index contributed by atoms with van der Waals surface area (Å²) in [5, 5.41) is 18.3. The van der Waals surface area contributed by atoms with Gasteiger partial charge in [0.15, 0.2) is 0 Å². The van der Waals surface area contributed by atoms with Crippen molar-refractivity contribution in [2.75, 3.05) is 5.88 Å². The van der Waals surface area contributed by atoms with Gasteiger partial charge in [-0.15, -0.1) is 11.6 Å². The summed E-state index contributed by atoms with van der Waals surface area (Å²) in [5.41, 5.74) is 0.565. The van der Waals surface area contributed by atoms with Crippen molar-refractivity contribution >= 4 is 17.7 Å². The van der Waals surface area contributed by atoms with Crippen molar-refractivity contribution in [2.24, 2.45) is 0 Å². The Hall–Kier alpha value is -1.15. The molecule has 0 bridgehead atoms. The fourth-order valence-corrected chi connectivity index (χ4v) is 0.936. The first kappa shape index (κ1) is 8.94. The number of hydrogen-bond acceptors (Lipinski definition) is 2. The lowest BCUT2D eigenvalue weighted by Crippen LogP contribution is -1.74. The van der Waals surface area contributed by atoms with E-state index in [-0.39, 0.29) is 11.5 Å². The van der Waals surface area contributed by atoms with Crippen molar-refractivity contribution in [3.63, 3.8) is 0 Å².